The van der Waals surface area contributed by atoms with E-state index in [4.69, 9.17) is 4.74 Å². The minimum Gasteiger partial charge on any atom is -0.491 e. The lowest BCUT2D eigenvalue weighted by atomic mass is 10.1. The second kappa shape index (κ2) is 13.3. The fraction of sp³-hybridized carbons (Fsp3) is 0.194. The van der Waals surface area contributed by atoms with Gasteiger partial charge in [-0.2, -0.15) is 0 Å². The fourth-order valence-corrected chi connectivity index (χ4v) is 4.38. The molecule has 0 spiro atoms. The van der Waals surface area contributed by atoms with Crippen molar-refractivity contribution in [3.8, 4) is 5.75 Å². The van der Waals surface area contributed by atoms with E-state index in [9.17, 15) is 24.0 Å². The van der Waals surface area contributed by atoms with E-state index in [2.05, 4.69) is 10.6 Å². The van der Waals surface area contributed by atoms with E-state index in [-0.39, 0.29) is 5.57 Å². The predicted octanol–water partition coefficient (Wildman–Crippen LogP) is 3.61. The molecule has 42 heavy (non-hydrogen) atoms. The number of hydrogen-bond acceptors (Lipinski definition) is 7. The summed E-state index contributed by atoms with van der Waals surface area (Å²) in [5, 5.41) is 9.44. The van der Waals surface area contributed by atoms with E-state index >= 15 is 0 Å². The lowest BCUT2D eigenvalue weighted by Crippen LogP contribution is -2.51. The van der Waals surface area contributed by atoms with E-state index in [1.807, 2.05) is 66.8 Å². The Hall–Kier alpha value is -5.45. The van der Waals surface area contributed by atoms with Crippen LogP contribution in [-0.4, -0.2) is 43.3 Å². The molecule has 11 heteroatoms. The fourth-order valence-electron chi connectivity index (χ4n) is 4.38. The molecule has 6 amide bonds. The van der Waals surface area contributed by atoms with Gasteiger partial charge in [-0.15, -0.1) is 0 Å². The van der Waals surface area contributed by atoms with E-state index in [1.165, 1.54) is 6.08 Å². The van der Waals surface area contributed by atoms with E-state index < -0.39 is 29.7 Å². The summed E-state index contributed by atoms with van der Waals surface area (Å²) in [6.45, 7) is 4.55. The van der Waals surface area contributed by atoms with Crippen molar-refractivity contribution in [3.05, 3.63) is 89.0 Å². The highest BCUT2D eigenvalue weighted by Gasteiger charge is 2.27. The molecule has 4 rings (SSSR count). The van der Waals surface area contributed by atoms with Crippen molar-refractivity contribution in [2.45, 2.75) is 26.8 Å². The van der Waals surface area contributed by atoms with Crippen LogP contribution in [0, 0.1) is 0 Å². The van der Waals surface area contributed by atoms with Crippen molar-refractivity contribution in [1.29, 1.82) is 0 Å². The van der Waals surface area contributed by atoms with Crippen molar-refractivity contribution in [1.82, 2.24) is 10.6 Å². The normalized spacial score (nSPS) is 12.6. The molecule has 0 bridgehead atoms. The first-order chi connectivity index (χ1) is 20.2. The molecule has 1 aliphatic heterocycles. The number of hydrogen-bond donors (Lipinski definition) is 4. The Morgan fingerprint density at radius 3 is 2.05 bits per heavy atom. The molecule has 1 fully saturated rings. The van der Waals surface area contributed by atoms with Gasteiger partial charge in [0.05, 0.1) is 12.3 Å². The molecule has 0 saturated carbocycles. The molecule has 0 radical (unpaired) electrons. The third-order valence-corrected chi connectivity index (χ3v) is 6.48. The number of nitrogens with zero attached hydrogens (tertiary/aromatic N) is 1. The van der Waals surface area contributed by atoms with Crippen molar-refractivity contribution in [2.75, 3.05) is 29.2 Å². The smallest absolute Gasteiger partial charge is 0.328 e. The Balaban J connectivity index is 1.47. The van der Waals surface area contributed by atoms with Gasteiger partial charge in [-0.25, -0.2) is 4.79 Å². The zero-order chi connectivity index (χ0) is 30.2. The van der Waals surface area contributed by atoms with E-state index in [1.54, 1.807) is 36.4 Å². The number of aryl methyl sites for hydroxylation is 1. The van der Waals surface area contributed by atoms with Gasteiger partial charge >= 0.3 is 17.8 Å². The molecule has 0 aliphatic carbocycles. The zero-order valence-electron chi connectivity index (χ0n) is 23.4. The topological polar surface area (TPSA) is 146 Å². The summed E-state index contributed by atoms with van der Waals surface area (Å²) in [6, 6.07) is 18.9. The lowest BCUT2D eigenvalue weighted by Gasteiger charge is -2.23. The van der Waals surface area contributed by atoms with Gasteiger partial charge in [-0.1, -0.05) is 49.4 Å². The zero-order valence-corrected chi connectivity index (χ0v) is 23.4. The van der Waals surface area contributed by atoms with Gasteiger partial charge in [0.1, 0.15) is 11.3 Å². The molecule has 11 nitrogen and oxygen atoms in total. The highest BCUT2D eigenvalue weighted by molar-refractivity contribution is 6.43. The highest BCUT2D eigenvalue weighted by atomic mass is 16.5. The molecular weight excluding hydrogens is 538 g/mol. The summed E-state index contributed by atoms with van der Waals surface area (Å²) >= 11 is 0. The van der Waals surface area contributed by atoms with Crippen LogP contribution in [0.4, 0.5) is 21.9 Å². The summed E-state index contributed by atoms with van der Waals surface area (Å²) < 4.78 is 5.89. The van der Waals surface area contributed by atoms with Gasteiger partial charge in [-0.05, 0) is 54.8 Å². The number of barbiturate groups is 1. The van der Waals surface area contributed by atoms with Crippen LogP contribution in [0.5, 0.6) is 5.75 Å². The Bertz CT molecular complexity index is 1540. The number of amides is 6. The van der Waals surface area contributed by atoms with Crippen LogP contribution in [0.3, 0.4) is 0 Å². The summed E-state index contributed by atoms with van der Waals surface area (Å²) in [4.78, 5) is 62.7. The number of carbonyl (C=O) groups is 5. The monoisotopic (exact) mass is 569 g/mol. The van der Waals surface area contributed by atoms with Crippen LogP contribution in [-0.2, 0) is 32.1 Å². The SMILES string of the molecule is CCOc1c(CN(C)c2ccc(C=C3C(=O)NC(=O)NC3=O)cc2)cccc1NC(=O)C(=O)Nc1ccccc1CC. The average molecular weight is 570 g/mol. The summed E-state index contributed by atoms with van der Waals surface area (Å²) in [7, 11) is 1.88. The number of anilines is 3. The third-order valence-electron chi connectivity index (χ3n) is 6.48. The number of urea groups is 1. The van der Waals surface area contributed by atoms with Crippen molar-refractivity contribution in [3.63, 3.8) is 0 Å². The van der Waals surface area contributed by atoms with Gasteiger partial charge in [0.2, 0.25) is 0 Å². The third kappa shape index (κ3) is 7.00. The van der Waals surface area contributed by atoms with Crippen molar-refractivity contribution in [2.24, 2.45) is 0 Å². The molecule has 3 aromatic rings. The number of ether oxygens (including phenoxy) is 1. The minimum absolute atomic E-state index is 0.167. The number of imide groups is 2. The highest BCUT2D eigenvalue weighted by Crippen LogP contribution is 2.31. The van der Waals surface area contributed by atoms with Crippen LogP contribution in [0.15, 0.2) is 72.3 Å². The molecule has 0 unspecified atom stereocenters. The van der Waals surface area contributed by atoms with Gasteiger partial charge in [0.15, 0.2) is 0 Å². The number of carbonyl (C=O) groups excluding carboxylic acids is 5. The van der Waals surface area contributed by atoms with Crippen molar-refractivity contribution >= 4 is 52.8 Å². The number of para-hydroxylation sites is 2. The number of rotatable bonds is 9. The minimum atomic E-state index is -0.852. The van der Waals surface area contributed by atoms with Crippen LogP contribution < -0.4 is 30.9 Å². The van der Waals surface area contributed by atoms with Gasteiger partial charge in [-0.3, -0.25) is 29.8 Å². The quantitative estimate of drug-likeness (QED) is 0.175. The Kier molecular flexibility index (Phi) is 9.33. The van der Waals surface area contributed by atoms with Crippen LogP contribution in [0.25, 0.3) is 6.08 Å². The Morgan fingerprint density at radius 2 is 1.40 bits per heavy atom. The second-order valence-electron chi connectivity index (χ2n) is 9.39. The maximum atomic E-state index is 12.8. The molecule has 1 heterocycles. The average Bonchev–Trinajstić information content (AvgIpc) is 2.97. The van der Waals surface area contributed by atoms with Gasteiger partial charge < -0.3 is 20.3 Å². The van der Waals surface area contributed by atoms with Gasteiger partial charge in [0, 0.05) is 30.5 Å². The van der Waals surface area contributed by atoms with E-state index in [0.717, 1.165) is 16.8 Å². The van der Waals surface area contributed by atoms with Crippen molar-refractivity contribution < 1.29 is 28.7 Å². The van der Waals surface area contributed by atoms with Crippen LogP contribution in [0.1, 0.15) is 30.5 Å². The molecule has 1 saturated heterocycles. The Labute approximate surface area is 242 Å². The van der Waals surface area contributed by atoms with E-state index in [0.29, 0.717) is 42.3 Å². The largest absolute Gasteiger partial charge is 0.491 e. The number of benzene rings is 3. The molecule has 4 N–H and O–H groups in total. The molecule has 0 atom stereocenters. The lowest BCUT2D eigenvalue weighted by molar-refractivity contribution is -0.133. The standard InChI is InChI=1S/C31H31N5O6/c1-4-20-9-6-7-11-24(20)32-29(39)30(40)33-25-12-8-10-21(26(25)42-5-2)18-36(3)22-15-13-19(14-16-22)17-23-27(37)34-31(41)35-28(23)38/h6-17H,4-5,18H2,1-3H3,(H,32,39)(H,33,40)(H2,34,35,37,38,41). The van der Waals surface area contributed by atoms with Crippen LogP contribution in [0.2, 0.25) is 0 Å². The summed E-state index contributed by atoms with van der Waals surface area (Å²) in [5.41, 5.74) is 3.92. The summed E-state index contributed by atoms with van der Waals surface area (Å²) in [6.07, 6.45) is 2.11. The first kappa shape index (κ1) is 29.5. The second-order valence-corrected chi connectivity index (χ2v) is 9.39. The van der Waals surface area contributed by atoms with Crippen LogP contribution >= 0.6 is 0 Å². The molecule has 216 valence electrons. The predicted molar refractivity (Wildman–Crippen MR) is 159 cm³/mol. The first-order valence-corrected chi connectivity index (χ1v) is 13.3. The number of nitrogens with one attached hydrogen (secondary N) is 4. The summed E-state index contributed by atoms with van der Waals surface area (Å²) in [5.74, 6) is -2.67. The molecule has 0 aromatic heterocycles. The Morgan fingerprint density at radius 1 is 0.810 bits per heavy atom. The molecular formula is C31H31N5O6. The first-order valence-electron chi connectivity index (χ1n) is 13.3. The molecule has 1 aliphatic rings. The molecule has 3 aromatic carbocycles. The van der Waals surface area contributed by atoms with Gasteiger partial charge in [0.25, 0.3) is 11.8 Å². The maximum Gasteiger partial charge on any atom is 0.328 e. The maximum absolute atomic E-state index is 12.8.